The van der Waals surface area contributed by atoms with Crippen molar-refractivity contribution in [1.82, 2.24) is 24.7 Å². The van der Waals surface area contributed by atoms with E-state index in [2.05, 4.69) is 28.7 Å². The molecular formula is C35H32ClF4N7O4. The van der Waals surface area contributed by atoms with Crippen LogP contribution in [0.25, 0.3) is 33.3 Å². The van der Waals surface area contributed by atoms with E-state index >= 15 is 0 Å². The summed E-state index contributed by atoms with van der Waals surface area (Å²) in [6.07, 6.45) is -3.18. The van der Waals surface area contributed by atoms with Gasteiger partial charge in [0.25, 0.3) is 17.7 Å². The fraction of sp³-hybridized carbons (Fsp3) is 0.257. The van der Waals surface area contributed by atoms with Crippen molar-refractivity contribution in [1.29, 1.82) is 0 Å². The number of hydrogen-bond acceptors (Lipinski definition) is 7. The topological polar surface area (TPSA) is 146 Å². The Hall–Kier alpha value is -5.43. The second-order valence-electron chi connectivity index (χ2n) is 11.6. The van der Waals surface area contributed by atoms with Gasteiger partial charge in [-0.05, 0) is 35.4 Å². The van der Waals surface area contributed by atoms with Gasteiger partial charge in [-0.2, -0.15) is 13.2 Å². The number of piperazine rings is 1. The van der Waals surface area contributed by atoms with Crippen LogP contribution < -0.4 is 16.4 Å². The van der Waals surface area contributed by atoms with E-state index in [9.17, 15) is 37.1 Å². The summed E-state index contributed by atoms with van der Waals surface area (Å²) in [6, 6.07) is 10.6. The van der Waals surface area contributed by atoms with Gasteiger partial charge in [0.1, 0.15) is 12.4 Å². The van der Waals surface area contributed by atoms with Crippen molar-refractivity contribution >= 4 is 51.7 Å². The van der Waals surface area contributed by atoms with E-state index in [-0.39, 0.29) is 28.7 Å². The minimum absolute atomic E-state index is 0.0260. The third kappa shape index (κ3) is 8.31. The highest BCUT2D eigenvalue weighted by Crippen LogP contribution is 2.44. The van der Waals surface area contributed by atoms with Crippen LogP contribution in [0.15, 0.2) is 61.1 Å². The summed E-state index contributed by atoms with van der Waals surface area (Å²) >= 11 is 6.48. The number of aryl methyl sites for hydroxylation is 1. The third-order valence-corrected chi connectivity index (χ3v) is 8.55. The molecule has 1 fully saturated rings. The lowest BCUT2D eigenvalue weighted by molar-refractivity contribution is -0.127. The number of nitrogens with two attached hydrogens (primary N) is 1. The van der Waals surface area contributed by atoms with Gasteiger partial charge in [0, 0.05) is 63.1 Å². The smallest absolute Gasteiger partial charge is 0.395 e. The zero-order chi connectivity index (χ0) is 37.0. The number of rotatable bonds is 8. The summed E-state index contributed by atoms with van der Waals surface area (Å²) < 4.78 is 53.4. The largest absolute Gasteiger partial charge is 0.405 e. The first-order chi connectivity index (χ1) is 24.2. The van der Waals surface area contributed by atoms with Crippen molar-refractivity contribution in [3.05, 3.63) is 77.2 Å². The number of halogens is 5. The van der Waals surface area contributed by atoms with Crippen LogP contribution in [-0.4, -0.2) is 94.2 Å². The van der Waals surface area contributed by atoms with Gasteiger partial charge < -0.3 is 30.9 Å². The Balaban J connectivity index is 1.62. The van der Waals surface area contributed by atoms with E-state index in [0.717, 1.165) is 0 Å². The molecule has 5 N–H and O–H groups in total. The molecule has 266 valence electrons. The molecule has 0 bridgehead atoms. The van der Waals surface area contributed by atoms with Crippen LogP contribution in [0.4, 0.5) is 29.1 Å². The Morgan fingerprint density at radius 1 is 1.08 bits per heavy atom. The van der Waals surface area contributed by atoms with Gasteiger partial charge in [-0.3, -0.25) is 19.3 Å². The van der Waals surface area contributed by atoms with Crippen LogP contribution in [0.1, 0.15) is 15.9 Å². The van der Waals surface area contributed by atoms with Crippen molar-refractivity contribution < 1.29 is 37.1 Å². The van der Waals surface area contributed by atoms with Crippen LogP contribution in [0.3, 0.4) is 0 Å². The second kappa shape index (κ2) is 15.2. The Morgan fingerprint density at radius 3 is 2.35 bits per heavy atom. The number of amides is 3. The molecule has 11 nitrogen and oxygen atoms in total. The molecule has 3 amide bonds. The van der Waals surface area contributed by atoms with E-state index in [4.69, 9.17) is 17.3 Å². The van der Waals surface area contributed by atoms with Gasteiger partial charge >= 0.3 is 6.18 Å². The first-order valence-electron chi connectivity index (χ1n) is 15.5. The number of hydrogen-bond donors (Lipinski definition) is 4. The van der Waals surface area contributed by atoms with Gasteiger partial charge in [0.05, 0.1) is 39.4 Å². The van der Waals surface area contributed by atoms with Crippen LogP contribution in [0.2, 0.25) is 5.02 Å². The molecule has 0 unspecified atom stereocenters. The summed E-state index contributed by atoms with van der Waals surface area (Å²) in [6.45, 7) is 4.09. The zero-order valence-electron chi connectivity index (χ0n) is 27.2. The first kappa shape index (κ1) is 36.8. The van der Waals surface area contributed by atoms with E-state index in [1.165, 1.54) is 24.4 Å². The van der Waals surface area contributed by atoms with Gasteiger partial charge in [-0.1, -0.05) is 42.3 Å². The van der Waals surface area contributed by atoms with Gasteiger partial charge in [-0.25, -0.2) is 9.37 Å². The number of carbonyl (C=O) groups is 3. The molecule has 51 heavy (non-hydrogen) atoms. The molecule has 0 atom stereocenters. The number of anilines is 2. The van der Waals surface area contributed by atoms with Crippen molar-refractivity contribution in [3.63, 3.8) is 0 Å². The molecule has 1 saturated heterocycles. The minimum atomic E-state index is -4.62. The average Bonchev–Trinajstić information content (AvgIpc) is 3.40. The number of nitrogen functional groups attached to an aromatic ring is 1. The SMILES string of the molecule is C=C(F)C(=O)Nc1ccc(-c2c(-c3ccc(C(=O)NCC(F)(F)F)c(Cl)c3)c3c(N)ncc(C#CC(=O)N4CCN(CCO)CC4)c3n2C)cc1. The number of nitrogens with zero attached hydrogens (tertiary/aromatic N) is 4. The van der Waals surface area contributed by atoms with Crippen LogP contribution in [-0.2, 0) is 16.6 Å². The second-order valence-corrected chi connectivity index (χ2v) is 12.0. The maximum atomic E-state index is 13.3. The van der Waals surface area contributed by atoms with E-state index in [0.29, 0.717) is 71.6 Å². The zero-order valence-corrected chi connectivity index (χ0v) is 28.0. The maximum Gasteiger partial charge on any atom is 0.405 e. The highest BCUT2D eigenvalue weighted by atomic mass is 35.5. The van der Waals surface area contributed by atoms with Gasteiger partial charge in [0.15, 0.2) is 5.83 Å². The van der Waals surface area contributed by atoms with Gasteiger partial charge in [0.2, 0.25) is 0 Å². The average molecular weight is 726 g/mol. The van der Waals surface area contributed by atoms with Crippen molar-refractivity contribution in [3.8, 4) is 34.2 Å². The predicted molar refractivity (Wildman–Crippen MR) is 185 cm³/mol. The predicted octanol–water partition coefficient (Wildman–Crippen LogP) is 4.34. The summed E-state index contributed by atoms with van der Waals surface area (Å²) in [7, 11) is 1.73. The van der Waals surface area contributed by atoms with E-state index in [1.54, 1.807) is 46.1 Å². The number of pyridine rings is 1. The Labute approximate surface area is 294 Å². The summed E-state index contributed by atoms with van der Waals surface area (Å²) in [5.41, 5.74) is 9.45. The number of carbonyl (C=O) groups excluding carboxylic acids is 3. The lowest BCUT2D eigenvalue weighted by Crippen LogP contribution is -2.49. The molecule has 1 aliphatic rings. The molecule has 0 aliphatic carbocycles. The molecule has 5 rings (SSSR count). The molecule has 3 heterocycles. The molecule has 2 aromatic carbocycles. The Bertz CT molecular complexity index is 2080. The van der Waals surface area contributed by atoms with Crippen molar-refractivity contribution in [2.75, 3.05) is 56.9 Å². The standard InChI is InChI=1S/C35H32ClF4N7O4/c1-20(37)33(50)44-24-7-3-21(4-8-24)30-28(22-5-9-25(26(36)17-22)34(51)43-19-35(38,39)40)29-31(45(30)2)23(18-42-32(29)41)6-10-27(49)47-13-11-46(12-14-47)15-16-48/h3-5,7-9,17-18,48H,1,11-16,19H2,2H3,(H2,41,42)(H,43,51)(H,44,50). The molecule has 0 spiro atoms. The molecule has 0 radical (unpaired) electrons. The summed E-state index contributed by atoms with van der Waals surface area (Å²) in [4.78, 5) is 45.5. The lowest BCUT2D eigenvalue weighted by atomic mass is 9.96. The summed E-state index contributed by atoms with van der Waals surface area (Å²) in [5, 5.41) is 13.7. The number of aliphatic hydroxyl groups excluding tert-OH is 1. The van der Waals surface area contributed by atoms with Crippen LogP contribution in [0, 0.1) is 11.8 Å². The Kier molecular flexibility index (Phi) is 11.0. The molecular weight excluding hydrogens is 694 g/mol. The highest BCUT2D eigenvalue weighted by molar-refractivity contribution is 6.34. The number of aliphatic hydroxyl groups is 1. The quantitative estimate of drug-likeness (QED) is 0.120. The fourth-order valence-electron chi connectivity index (χ4n) is 5.78. The first-order valence-corrected chi connectivity index (χ1v) is 15.9. The lowest BCUT2D eigenvalue weighted by Gasteiger charge is -2.33. The van der Waals surface area contributed by atoms with Crippen molar-refractivity contribution in [2.24, 2.45) is 7.05 Å². The maximum absolute atomic E-state index is 13.3. The van der Waals surface area contributed by atoms with E-state index in [1.807, 2.05) is 4.90 Å². The number of fused-ring (bicyclic) bond motifs is 1. The fourth-order valence-corrected chi connectivity index (χ4v) is 6.04. The minimum Gasteiger partial charge on any atom is -0.395 e. The molecule has 2 aromatic heterocycles. The number of benzene rings is 2. The monoisotopic (exact) mass is 725 g/mol. The number of nitrogens with one attached hydrogen (secondary N) is 2. The molecule has 4 aromatic rings. The molecule has 16 heteroatoms. The highest BCUT2D eigenvalue weighted by Gasteiger charge is 2.29. The molecule has 1 aliphatic heterocycles. The van der Waals surface area contributed by atoms with E-state index < -0.39 is 36.3 Å². The number of β-amino-alcohol motifs (C(OH)–C–C–N with tert-alkyl or cyclic N) is 1. The van der Waals surface area contributed by atoms with Crippen LogP contribution >= 0.6 is 11.6 Å². The summed E-state index contributed by atoms with van der Waals surface area (Å²) in [5.74, 6) is 2.15. The third-order valence-electron chi connectivity index (χ3n) is 8.23. The van der Waals surface area contributed by atoms with Crippen molar-refractivity contribution in [2.45, 2.75) is 6.18 Å². The van der Waals surface area contributed by atoms with Crippen LogP contribution in [0.5, 0.6) is 0 Å². The molecule has 0 saturated carbocycles. The number of aromatic nitrogens is 2. The number of alkyl halides is 3. The normalized spacial score (nSPS) is 13.4. The van der Waals surface area contributed by atoms with Gasteiger partial charge in [-0.15, -0.1) is 0 Å². The Morgan fingerprint density at radius 2 is 1.75 bits per heavy atom.